The van der Waals surface area contributed by atoms with Gasteiger partial charge in [-0.3, -0.25) is 9.59 Å². The number of hydrogen-bond donors (Lipinski definition) is 2. The summed E-state index contributed by atoms with van der Waals surface area (Å²) in [7, 11) is 0. The van der Waals surface area contributed by atoms with Gasteiger partial charge in [0.05, 0.1) is 12.6 Å². The summed E-state index contributed by atoms with van der Waals surface area (Å²) in [6.45, 7) is 3.63. The van der Waals surface area contributed by atoms with Gasteiger partial charge in [0, 0.05) is 5.38 Å². The van der Waals surface area contributed by atoms with E-state index in [-0.39, 0.29) is 18.3 Å². The number of esters is 1. The summed E-state index contributed by atoms with van der Waals surface area (Å²) in [6, 6.07) is -0.202. The Morgan fingerprint density at radius 1 is 1.65 bits per heavy atom. The van der Waals surface area contributed by atoms with Gasteiger partial charge in [0.15, 0.2) is 0 Å². The van der Waals surface area contributed by atoms with Crippen molar-refractivity contribution in [3.63, 3.8) is 0 Å². The van der Waals surface area contributed by atoms with Crippen LogP contribution in [0.4, 0.5) is 0 Å². The van der Waals surface area contributed by atoms with E-state index in [2.05, 4.69) is 15.0 Å². The number of nitrogens with zero attached hydrogens (tertiary/aromatic N) is 1. The van der Waals surface area contributed by atoms with E-state index in [4.69, 9.17) is 5.73 Å². The average Bonchev–Trinajstić information content (AvgIpc) is 2.75. The van der Waals surface area contributed by atoms with Crippen LogP contribution in [0.5, 0.6) is 0 Å². The van der Waals surface area contributed by atoms with E-state index < -0.39 is 11.9 Å². The molecule has 3 N–H and O–H groups in total. The summed E-state index contributed by atoms with van der Waals surface area (Å²) >= 11 is 1.32. The van der Waals surface area contributed by atoms with Gasteiger partial charge in [-0.1, -0.05) is 0 Å². The van der Waals surface area contributed by atoms with Crippen LogP contribution in [-0.4, -0.2) is 30.0 Å². The second-order valence-electron chi connectivity index (χ2n) is 3.35. The van der Waals surface area contributed by atoms with Gasteiger partial charge >= 0.3 is 5.97 Å². The number of nitrogens with one attached hydrogen (secondary N) is 1. The molecule has 0 aliphatic rings. The molecule has 0 radical (unpaired) electrons. The number of aromatic nitrogens is 1. The molecule has 1 aromatic rings. The number of amides is 1. The molecule has 0 spiro atoms. The van der Waals surface area contributed by atoms with Crippen molar-refractivity contribution < 1.29 is 14.3 Å². The van der Waals surface area contributed by atoms with E-state index in [1.54, 1.807) is 19.2 Å². The number of nitrogens with two attached hydrogens (primary N) is 1. The van der Waals surface area contributed by atoms with Crippen molar-refractivity contribution in [3.8, 4) is 0 Å². The Hall–Kier alpha value is -1.47. The minimum Gasteiger partial charge on any atom is -0.465 e. The molecule has 1 rings (SSSR count). The van der Waals surface area contributed by atoms with Crippen LogP contribution in [0.15, 0.2) is 5.38 Å². The molecule has 0 saturated carbocycles. The molecule has 0 aliphatic carbocycles. The lowest BCUT2D eigenvalue weighted by Gasteiger charge is -2.02. The minimum atomic E-state index is -0.469. The maximum absolute atomic E-state index is 11.6. The smallest absolute Gasteiger partial charge is 0.325 e. The second-order valence-corrected chi connectivity index (χ2v) is 4.24. The van der Waals surface area contributed by atoms with Gasteiger partial charge in [-0.2, -0.15) is 0 Å². The van der Waals surface area contributed by atoms with Gasteiger partial charge in [-0.05, 0) is 13.8 Å². The van der Waals surface area contributed by atoms with Crippen LogP contribution >= 0.6 is 11.3 Å². The highest BCUT2D eigenvalue weighted by atomic mass is 32.1. The van der Waals surface area contributed by atoms with E-state index >= 15 is 0 Å². The molecule has 1 atom stereocenters. The predicted molar refractivity (Wildman–Crippen MR) is 63.7 cm³/mol. The van der Waals surface area contributed by atoms with E-state index in [1.165, 1.54) is 11.3 Å². The summed E-state index contributed by atoms with van der Waals surface area (Å²) < 4.78 is 4.68. The van der Waals surface area contributed by atoms with Gasteiger partial charge in [-0.25, -0.2) is 4.98 Å². The zero-order chi connectivity index (χ0) is 12.8. The highest BCUT2D eigenvalue weighted by Gasteiger charge is 2.13. The Balaban J connectivity index is 2.49. The van der Waals surface area contributed by atoms with E-state index in [0.717, 1.165) is 0 Å². The molecule has 0 aliphatic heterocycles. The third-order valence-electron chi connectivity index (χ3n) is 1.84. The first-order chi connectivity index (χ1) is 8.04. The standard InChI is InChI=1S/C10H15N3O3S/c1-3-16-8(14)4-12-9(15)7-5-17-10(13-7)6(2)11/h5-6H,3-4,11H2,1-2H3,(H,12,15). The molecule has 0 fully saturated rings. The number of ether oxygens (including phenoxy) is 1. The zero-order valence-electron chi connectivity index (χ0n) is 9.73. The largest absolute Gasteiger partial charge is 0.465 e. The van der Waals surface area contributed by atoms with Crippen molar-refractivity contribution in [2.75, 3.05) is 13.2 Å². The predicted octanol–water partition coefficient (Wildman–Crippen LogP) is 0.456. The van der Waals surface area contributed by atoms with E-state index in [0.29, 0.717) is 11.6 Å². The Labute approximate surface area is 103 Å². The first-order valence-electron chi connectivity index (χ1n) is 5.19. The van der Waals surface area contributed by atoms with Crippen molar-refractivity contribution in [1.29, 1.82) is 0 Å². The average molecular weight is 257 g/mol. The van der Waals surface area contributed by atoms with Crippen LogP contribution in [0.2, 0.25) is 0 Å². The van der Waals surface area contributed by atoms with Crippen LogP contribution in [0, 0.1) is 0 Å². The third kappa shape index (κ3) is 4.12. The molecule has 6 nitrogen and oxygen atoms in total. The fourth-order valence-corrected chi connectivity index (χ4v) is 1.81. The van der Waals surface area contributed by atoms with Crippen LogP contribution in [-0.2, 0) is 9.53 Å². The summed E-state index contributed by atoms with van der Waals surface area (Å²) in [6.07, 6.45) is 0. The minimum absolute atomic E-state index is 0.155. The fraction of sp³-hybridized carbons (Fsp3) is 0.500. The molecular weight excluding hydrogens is 242 g/mol. The van der Waals surface area contributed by atoms with Gasteiger partial charge in [0.1, 0.15) is 17.2 Å². The van der Waals surface area contributed by atoms with Crippen LogP contribution in [0.3, 0.4) is 0 Å². The third-order valence-corrected chi connectivity index (χ3v) is 2.89. The number of rotatable bonds is 5. The summed E-state index contributed by atoms with van der Waals surface area (Å²) in [4.78, 5) is 26.7. The van der Waals surface area contributed by atoms with Crippen molar-refractivity contribution >= 4 is 23.2 Å². The lowest BCUT2D eigenvalue weighted by molar-refractivity contribution is -0.141. The molecule has 7 heteroatoms. The highest BCUT2D eigenvalue weighted by Crippen LogP contribution is 2.15. The van der Waals surface area contributed by atoms with Crippen molar-refractivity contribution in [3.05, 3.63) is 16.1 Å². The zero-order valence-corrected chi connectivity index (χ0v) is 10.5. The molecule has 17 heavy (non-hydrogen) atoms. The maximum atomic E-state index is 11.6. The lowest BCUT2D eigenvalue weighted by atomic mass is 10.4. The Bertz CT molecular complexity index is 403. The topological polar surface area (TPSA) is 94.3 Å². The molecular formula is C10H15N3O3S. The van der Waals surface area contributed by atoms with Crippen molar-refractivity contribution in [2.45, 2.75) is 19.9 Å². The van der Waals surface area contributed by atoms with Gasteiger partial charge in [0.25, 0.3) is 5.91 Å². The molecule has 1 amide bonds. The summed E-state index contributed by atoms with van der Waals surface area (Å²) in [5.74, 6) is -0.871. The first kappa shape index (κ1) is 13.6. The SMILES string of the molecule is CCOC(=O)CNC(=O)c1csc(C(C)N)n1. The monoisotopic (exact) mass is 257 g/mol. The molecule has 1 heterocycles. The molecule has 0 saturated heterocycles. The van der Waals surface area contributed by atoms with Crippen LogP contribution in [0.25, 0.3) is 0 Å². The highest BCUT2D eigenvalue weighted by molar-refractivity contribution is 7.09. The number of carbonyl (C=O) groups is 2. The van der Waals surface area contributed by atoms with Crippen LogP contribution in [0.1, 0.15) is 35.4 Å². The number of hydrogen-bond acceptors (Lipinski definition) is 6. The Morgan fingerprint density at radius 2 is 2.35 bits per heavy atom. The fourth-order valence-electron chi connectivity index (χ4n) is 1.06. The van der Waals surface area contributed by atoms with E-state index in [9.17, 15) is 9.59 Å². The molecule has 1 aromatic heterocycles. The van der Waals surface area contributed by atoms with E-state index in [1.807, 2.05) is 0 Å². The van der Waals surface area contributed by atoms with Gasteiger partial charge in [-0.15, -0.1) is 11.3 Å². The molecule has 1 unspecified atom stereocenters. The van der Waals surface area contributed by atoms with Crippen LogP contribution < -0.4 is 11.1 Å². The Morgan fingerprint density at radius 3 is 2.88 bits per heavy atom. The molecule has 94 valence electrons. The normalized spacial score (nSPS) is 11.9. The van der Waals surface area contributed by atoms with Crippen molar-refractivity contribution in [1.82, 2.24) is 10.3 Å². The summed E-state index contributed by atoms with van der Waals surface area (Å²) in [5, 5.41) is 4.72. The summed E-state index contributed by atoms with van der Waals surface area (Å²) in [5.41, 5.74) is 5.90. The Kier molecular flexibility index (Phi) is 5.05. The molecule has 0 aromatic carbocycles. The quantitative estimate of drug-likeness (QED) is 0.747. The van der Waals surface area contributed by atoms with Crippen molar-refractivity contribution in [2.24, 2.45) is 5.73 Å². The number of thiazole rings is 1. The lowest BCUT2D eigenvalue weighted by Crippen LogP contribution is -2.30. The maximum Gasteiger partial charge on any atom is 0.325 e. The molecule has 0 bridgehead atoms. The van der Waals surface area contributed by atoms with Gasteiger partial charge in [0.2, 0.25) is 0 Å². The second kappa shape index (κ2) is 6.31. The first-order valence-corrected chi connectivity index (χ1v) is 6.07. The number of carbonyl (C=O) groups excluding carboxylic acids is 2. The van der Waals surface area contributed by atoms with Gasteiger partial charge < -0.3 is 15.8 Å².